The van der Waals surface area contributed by atoms with Crippen LogP contribution in [0.15, 0.2) is 16.4 Å². The second-order valence-corrected chi connectivity index (χ2v) is 7.34. The fraction of sp³-hybridized carbons (Fsp3) is 0.722. The number of ketones is 1. The lowest BCUT2D eigenvalue weighted by Gasteiger charge is -2.26. The van der Waals surface area contributed by atoms with Gasteiger partial charge >= 0.3 is 6.09 Å². The first-order chi connectivity index (χ1) is 11.1. The van der Waals surface area contributed by atoms with Gasteiger partial charge in [-0.25, -0.2) is 4.79 Å². The van der Waals surface area contributed by atoms with Gasteiger partial charge in [0.25, 0.3) is 0 Å². The Morgan fingerprint density at radius 3 is 2.46 bits per heavy atom. The van der Waals surface area contributed by atoms with E-state index in [0.717, 1.165) is 0 Å². The summed E-state index contributed by atoms with van der Waals surface area (Å²) in [5.74, 6) is -0.251. The first kappa shape index (κ1) is 20.2. The van der Waals surface area contributed by atoms with Crippen molar-refractivity contribution in [1.82, 2.24) is 5.01 Å². The number of ether oxygens (including phenoxy) is 1. The van der Waals surface area contributed by atoms with Gasteiger partial charge < -0.3 is 9.84 Å². The molecule has 24 heavy (non-hydrogen) atoms. The highest BCUT2D eigenvalue weighted by Crippen LogP contribution is 2.24. The van der Waals surface area contributed by atoms with Crippen LogP contribution in [-0.2, 0) is 9.53 Å². The Morgan fingerprint density at radius 1 is 1.33 bits per heavy atom. The van der Waals surface area contributed by atoms with Crippen LogP contribution in [-0.4, -0.2) is 39.8 Å². The predicted octanol–water partition coefficient (Wildman–Crippen LogP) is 4.21. The molecule has 1 aliphatic carbocycles. The molecule has 0 radical (unpaired) electrons. The summed E-state index contributed by atoms with van der Waals surface area (Å²) in [6, 6.07) is 0. The summed E-state index contributed by atoms with van der Waals surface area (Å²) in [5.41, 5.74) is 0.113. The number of amides is 1. The van der Waals surface area contributed by atoms with Crippen molar-refractivity contribution >= 4 is 17.6 Å². The van der Waals surface area contributed by atoms with Gasteiger partial charge in [-0.1, -0.05) is 20.8 Å². The van der Waals surface area contributed by atoms with E-state index in [-0.39, 0.29) is 23.0 Å². The third kappa shape index (κ3) is 5.65. The largest absolute Gasteiger partial charge is 0.511 e. The molecule has 0 saturated heterocycles. The Hall–Kier alpha value is -1.85. The number of allylic oxidation sites excluding steroid dienone is 2. The molecule has 0 unspecified atom stereocenters. The summed E-state index contributed by atoms with van der Waals surface area (Å²) in [6.45, 7) is 11.3. The zero-order valence-corrected chi connectivity index (χ0v) is 15.7. The molecule has 6 heteroatoms. The van der Waals surface area contributed by atoms with E-state index in [4.69, 9.17) is 4.74 Å². The standard InChI is InChI=1S/C18H30N2O4/c1-7-11-20(17(23)24-18(4,5)6)19-13-9-8-10-14(21)15(13)16(22)12(2)3/h12,22H,7-11H2,1-6H3. The van der Waals surface area contributed by atoms with Crippen molar-refractivity contribution in [3.8, 4) is 0 Å². The van der Waals surface area contributed by atoms with Crippen LogP contribution >= 0.6 is 0 Å². The van der Waals surface area contributed by atoms with Crippen LogP contribution in [0.5, 0.6) is 0 Å². The van der Waals surface area contributed by atoms with Crippen LogP contribution < -0.4 is 0 Å². The van der Waals surface area contributed by atoms with Gasteiger partial charge in [-0.05, 0) is 40.0 Å². The molecule has 136 valence electrons. The lowest BCUT2D eigenvalue weighted by atomic mass is 9.88. The number of carbonyl (C=O) groups is 2. The minimum atomic E-state index is -0.621. The van der Waals surface area contributed by atoms with Gasteiger partial charge in [0, 0.05) is 18.9 Å². The molecule has 1 rings (SSSR count). The average Bonchev–Trinajstić information content (AvgIpc) is 2.44. The smallest absolute Gasteiger partial charge is 0.430 e. The fourth-order valence-electron chi connectivity index (χ4n) is 2.36. The van der Waals surface area contributed by atoms with Crippen molar-refractivity contribution < 1.29 is 19.4 Å². The quantitative estimate of drug-likeness (QED) is 0.473. The molecule has 0 atom stereocenters. The summed E-state index contributed by atoms with van der Waals surface area (Å²) in [6.07, 6.45) is 1.78. The number of aliphatic hydroxyl groups is 1. The van der Waals surface area contributed by atoms with E-state index in [1.54, 1.807) is 20.8 Å². The normalized spacial score (nSPS) is 19.6. The Morgan fingerprint density at radius 2 is 1.96 bits per heavy atom. The number of carbonyl (C=O) groups excluding carboxylic acids is 2. The molecule has 0 aromatic carbocycles. The lowest BCUT2D eigenvalue weighted by Crippen LogP contribution is -2.36. The van der Waals surface area contributed by atoms with Crippen LogP contribution in [0, 0.1) is 5.92 Å². The molecule has 0 heterocycles. The molecule has 1 amide bonds. The van der Waals surface area contributed by atoms with Crippen molar-refractivity contribution in [3.63, 3.8) is 0 Å². The molecule has 1 fully saturated rings. The summed E-state index contributed by atoms with van der Waals surface area (Å²) in [7, 11) is 0. The van der Waals surface area contributed by atoms with Crippen molar-refractivity contribution in [1.29, 1.82) is 0 Å². The number of hydrogen-bond acceptors (Lipinski definition) is 5. The molecular weight excluding hydrogens is 308 g/mol. The van der Waals surface area contributed by atoms with Crippen LogP contribution in [0.2, 0.25) is 0 Å². The van der Waals surface area contributed by atoms with Crippen molar-refractivity contribution in [2.75, 3.05) is 6.54 Å². The minimum absolute atomic E-state index is 0.0408. The number of nitrogens with zero attached hydrogens (tertiary/aromatic N) is 2. The molecule has 0 bridgehead atoms. The summed E-state index contributed by atoms with van der Waals surface area (Å²) in [5, 5.41) is 15.9. The number of rotatable bonds is 4. The second-order valence-electron chi connectivity index (χ2n) is 7.34. The van der Waals surface area contributed by atoms with Gasteiger partial charge in [-0.15, -0.1) is 0 Å². The van der Waals surface area contributed by atoms with Gasteiger partial charge in [0.05, 0.1) is 11.3 Å². The summed E-state index contributed by atoms with van der Waals surface area (Å²) >= 11 is 0. The first-order valence-electron chi connectivity index (χ1n) is 8.61. The highest BCUT2D eigenvalue weighted by atomic mass is 16.6. The van der Waals surface area contributed by atoms with Crippen LogP contribution in [0.4, 0.5) is 4.79 Å². The third-order valence-corrected chi connectivity index (χ3v) is 3.47. The van der Waals surface area contributed by atoms with E-state index >= 15 is 0 Å². The summed E-state index contributed by atoms with van der Waals surface area (Å²) in [4.78, 5) is 24.6. The summed E-state index contributed by atoms with van der Waals surface area (Å²) < 4.78 is 5.38. The fourth-order valence-corrected chi connectivity index (χ4v) is 2.36. The molecule has 1 saturated carbocycles. The topological polar surface area (TPSA) is 79.2 Å². The average molecular weight is 338 g/mol. The van der Waals surface area contributed by atoms with Crippen molar-refractivity contribution in [3.05, 3.63) is 11.3 Å². The van der Waals surface area contributed by atoms with Crippen molar-refractivity contribution in [2.45, 2.75) is 72.8 Å². The van der Waals surface area contributed by atoms with Gasteiger partial charge in [-0.2, -0.15) is 10.1 Å². The number of hydrogen-bond donors (Lipinski definition) is 1. The van der Waals surface area contributed by atoms with Crippen LogP contribution in [0.1, 0.15) is 67.2 Å². The van der Waals surface area contributed by atoms with E-state index < -0.39 is 11.7 Å². The van der Waals surface area contributed by atoms with E-state index in [0.29, 0.717) is 37.9 Å². The molecule has 1 aliphatic rings. The number of Topliss-reactive ketones (excluding diaryl/α,β-unsaturated/α-hetero) is 1. The van der Waals surface area contributed by atoms with Crippen molar-refractivity contribution in [2.24, 2.45) is 11.0 Å². The Balaban J connectivity index is 3.21. The third-order valence-electron chi connectivity index (χ3n) is 3.47. The van der Waals surface area contributed by atoms with E-state index in [2.05, 4.69) is 5.10 Å². The second kappa shape index (κ2) is 8.31. The molecule has 0 spiro atoms. The maximum absolute atomic E-state index is 12.3. The van der Waals surface area contributed by atoms with E-state index in [1.807, 2.05) is 20.8 Å². The predicted molar refractivity (Wildman–Crippen MR) is 94.0 cm³/mol. The first-order valence-corrected chi connectivity index (χ1v) is 8.61. The minimum Gasteiger partial charge on any atom is -0.511 e. The zero-order chi connectivity index (χ0) is 18.5. The zero-order valence-electron chi connectivity index (χ0n) is 15.7. The SMILES string of the molecule is CCCN(N=C1CCCC(=O)C1=C(O)C(C)C)C(=O)OC(C)(C)C. The highest BCUT2D eigenvalue weighted by molar-refractivity contribution is 6.24. The van der Waals surface area contributed by atoms with Gasteiger partial charge in [0.15, 0.2) is 5.78 Å². The van der Waals surface area contributed by atoms with Crippen LogP contribution in [0.3, 0.4) is 0 Å². The molecule has 0 aromatic heterocycles. The molecule has 0 aliphatic heterocycles. The molecule has 1 N–H and O–H groups in total. The lowest BCUT2D eigenvalue weighted by molar-refractivity contribution is -0.115. The monoisotopic (exact) mass is 338 g/mol. The molecule has 6 nitrogen and oxygen atoms in total. The maximum Gasteiger partial charge on any atom is 0.430 e. The molecule has 0 aromatic rings. The van der Waals surface area contributed by atoms with Crippen LogP contribution in [0.25, 0.3) is 0 Å². The maximum atomic E-state index is 12.3. The molecular formula is C18H30N2O4. The van der Waals surface area contributed by atoms with Gasteiger partial charge in [-0.3, -0.25) is 4.79 Å². The van der Waals surface area contributed by atoms with E-state index in [1.165, 1.54) is 5.01 Å². The Kier molecular flexibility index (Phi) is 6.99. The highest BCUT2D eigenvalue weighted by Gasteiger charge is 2.29. The van der Waals surface area contributed by atoms with Gasteiger partial charge in [0.2, 0.25) is 0 Å². The Bertz CT molecular complexity index is 542. The number of aliphatic hydroxyl groups excluding tert-OH is 1. The number of hydrazone groups is 1. The van der Waals surface area contributed by atoms with E-state index in [9.17, 15) is 14.7 Å². The Labute approximate surface area is 144 Å². The van der Waals surface area contributed by atoms with Gasteiger partial charge in [0.1, 0.15) is 11.4 Å².